The van der Waals surface area contributed by atoms with Crippen LogP contribution in [0, 0.1) is 5.92 Å². The second-order valence-electron chi connectivity index (χ2n) is 4.55. The number of hydrogen-bond acceptors (Lipinski definition) is 4. The van der Waals surface area contributed by atoms with E-state index < -0.39 is 5.97 Å². The maximum Gasteiger partial charge on any atom is 0.306 e. The van der Waals surface area contributed by atoms with Crippen molar-refractivity contribution in [3.05, 3.63) is 30.2 Å². The molecule has 0 amide bonds. The topological polar surface area (TPSA) is 79.5 Å². The number of fused-ring (bicyclic) bond motifs is 1. The second-order valence-corrected chi connectivity index (χ2v) is 4.55. The molecule has 1 saturated heterocycles. The molecular formula is C12H14N4O2. The van der Waals surface area contributed by atoms with Gasteiger partial charge in [0.25, 0.3) is 0 Å². The van der Waals surface area contributed by atoms with Gasteiger partial charge in [0.2, 0.25) is 0 Å². The maximum absolute atomic E-state index is 11.1. The minimum atomic E-state index is -0.717. The van der Waals surface area contributed by atoms with Crippen LogP contribution in [0.3, 0.4) is 0 Å². The predicted molar refractivity (Wildman–Crippen MR) is 64.1 cm³/mol. The van der Waals surface area contributed by atoms with Gasteiger partial charge in [-0.2, -0.15) is 5.10 Å². The van der Waals surface area contributed by atoms with Crippen LogP contribution in [0.25, 0.3) is 5.65 Å². The maximum atomic E-state index is 11.1. The predicted octanol–water partition coefficient (Wildman–Crippen LogP) is 0.855. The van der Waals surface area contributed by atoms with Crippen molar-refractivity contribution in [3.8, 4) is 0 Å². The first kappa shape index (κ1) is 11.2. The van der Waals surface area contributed by atoms with Crippen LogP contribution in [0.5, 0.6) is 0 Å². The van der Waals surface area contributed by atoms with Gasteiger partial charge in [0.05, 0.1) is 12.1 Å². The molecule has 0 saturated carbocycles. The molecule has 6 nitrogen and oxygen atoms in total. The van der Waals surface area contributed by atoms with Crippen LogP contribution in [0.15, 0.2) is 24.7 Å². The summed E-state index contributed by atoms with van der Waals surface area (Å²) >= 11 is 0. The number of nitrogens with one attached hydrogen (secondary N) is 1. The number of rotatable bonds is 2. The number of nitrogens with zero attached hydrogens (tertiary/aromatic N) is 3. The van der Waals surface area contributed by atoms with E-state index in [2.05, 4.69) is 15.4 Å². The highest BCUT2D eigenvalue weighted by Crippen LogP contribution is 2.29. The SMILES string of the molecule is O=C(O)C1CCNC(c2cnn3cccnc23)C1. The van der Waals surface area contributed by atoms with Gasteiger partial charge in [-0.3, -0.25) is 4.79 Å². The number of aliphatic carboxylic acids is 1. The quantitative estimate of drug-likeness (QED) is 0.821. The first-order chi connectivity index (χ1) is 8.75. The van der Waals surface area contributed by atoms with Crippen LogP contribution in [0.2, 0.25) is 0 Å². The molecule has 3 rings (SSSR count). The lowest BCUT2D eigenvalue weighted by atomic mass is 9.90. The van der Waals surface area contributed by atoms with E-state index in [1.54, 1.807) is 16.9 Å². The molecule has 2 N–H and O–H groups in total. The van der Waals surface area contributed by atoms with Gasteiger partial charge in [0.15, 0.2) is 5.65 Å². The Hall–Kier alpha value is -1.95. The molecule has 2 unspecified atom stereocenters. The zero-order valence-corrected chi connectivity index (χ0v) is 9.78. The molecule has 94 valence electrons. The van der Waals surface area contributed by atoms with Crippen molar-refractivity contribution in [2.24, 2.45) is 5.92 Å². The Labute approximate surface area is 104 Å². The summed E-state index contributed by atoms with van der Waals surface area (Å²) in [6.45, 7) is 0.714. The smallest absolute Gasteiger partial charge is 0.306 e. The number of piperidine rings is 1. The van der Waals surface area contributed by atoms with Crippen molar-refractivity contribution < 1.29 is 9.90 Å². The van der Waals surface area contributed by atoms with E-state index in [9.17, 15) is 4.79 Å². The molecule has 1 aliphatic rings. The van der Waals surface area contributed by atoms with Crippen molar-refractivity contribution in [3.63, 3.8) is 0 Å². The van der Waals surface area contributed by atoms with Gasteiger partial charge in [0, 0.05) is 24.0 Å². The number of carboxylic acid groups (broad SMARTS) is 1. The van der Waals surface area contributed by atoms with Crippen LogP contribution in [-0.2, 0) is 4.79 Å². The number of aromatic nitrogens is 3. The summed E-state index contributed by atoms with van der Waals surface area (Å²) in [5.41, 5.74) is 1.77. The summed E-state index contributed by atoms with van der Waals surface area (Å²) in [7, 11) is 0. The molecule has 0 bridgehead atoms. The molecule has 2 atom stereocenters. The third-order valence-electron chi connectivity index (χ3n) is 3.43. The fraction of sp³-hybridized carbons (Fsp3) is 0.417. The molecule has 0 spiro atoms. The number of carboxylic acids is 1. The molecule has 0 aromatic carbocycles. The first-order valence-corrected chi connectivity index (χ1v) is 6.00. The normalized spacial score (nSPS) is 24.2. The van der Waals surface area contributed by atoms with Crippen molar-refractivity contribution >= 4 is 11.6 Å². The summed E-state index contributed by atoms with van der Waals surface area (Å²) in [5.74, 6) is -0.999. The van der Waals surface area contributed by atoms with E-state index in [0.717, 1.165) is 11.2 Å². The first-order valence-electron chi connectivity index (χ1n) is 6.00. The second kappa shape index (κ2) is 4.38. The molecule has 2 aromatic rings. The lowest BCUT2D eigenvalue weighted by Crippen LogP contribution is -2.34. The fourth-order valence-electron chi connectivity index (χ4n) is 2.47. The van der Waals surface area contributed by atoms with Gasteiger partial charge in [-0.1, -0.05) is 0 Å². The average molecular weight is 246 g/mol. The molecular weight excluding hydrogens is 232 g/mol. The van der Waals surface area contributed by atoms with Gasteiger partial charge in [-0.15, -0.1) is 0 Å². The Morgan fingerprint density at radius 1 is 1.56 bits per heavy atom. The monoisotopic (exact) mass is 246 g/mol. The van der Waals surface area contributed by atoms with Gasteiger partial charge in [-0.25, -0.2) is 9.50 Å². The molecule has 0 aliphatic carbocycles. The summed E-state index contributed by atoms with van der Waals surface area (Å²) in [6.07, 6.45) is 6.59. The molecule has 3 heterocycles. The molecule has 1 aliphatic heterocycles. The molecule has 0 radical (unpaired) electrons. The molecule has 18 heavy (non-hydrogen) atoms. The Balaban J connectivity index is 1.92. The minimum absolute atomic E-state index is 0.0206. The van der Waals surface area contributed by atoms with Crippen molar-refractivity contribution in [1.82, 2.24) is 19.9 Å². The van der Waals surface area contributed by atoms with Gasteiger partial charge in [0.1, 0.15) is 0 Å². The van der Waals surface area contributed by atoms with Gasteiger partial charge in [-0.05, 0) is 25.5 Å². The van der Waals surface area contributed by atoms with Crippen molar-refractivity contribution in [2.75, 3.05) is 6.54 Å². The molecule has 1 fully saturated rings. The van der Waals surface area contributed by atoms with Crippen LogP contribution in [-0.4, -0.2) is 32.2 Å². The van der Waals surface area contributed by atoms with Crippen LogP contribution in [0.1, 0.15) is 24.4 Å². The van der Waals surface area contributed by atoms with Crippen molar-refractivity contribution in [2.45, 2.75) is 18.9 Å². The summed E-state index contributed by atoms with van der Waals surface area (Å²) in [4.78, 5) is 15.4. The fourth-order valence-corrected chi connectivity index (χ4v) is 2.47. The molecule has 2 aromatic heterocycles. The Morgan fingerprint density at radius 2 is 2.44 bits per heavy atom. The largest absolute Gasteiger partial charge is 0.481 e. The highest BCUT2D eigenvalue weighted by atomic mass is 16.4. The highest BCUT2D eigenvalue weighted by Gasteiger charge is 2.29. The Bertz CT molecular complexity index is 580. The zero-order valence-electron chi connectivity index (χ0n) is 9.78. The summed E-state index contributed by atoms with van der Waals surface area (Å²) < 4.78 is 1.71. The Kier molecular flexibility index (Phi) is 2.71. The zero-order chi connectivity index (χ0) is 12.5. The van der Waals surface area contributed by atoms with E-state index in [1.165, 1.54) is 0 Å². The van der Waals surface area contributed by atoms with E-state index in [1.807, 2.05) is 12.3 Å². The van der Waals surface area contributed by atoms with Crippen LogP contribution in [0.4, 0.5) is 0 Å². The van der Waals surface area contributed by atoms with Crippen LogP contribution < -0.4 is 5.32 Å². The minimum Gasteiger partial charge on any atom is -0.481 e. The lowest BCUT2D eigenvalue weighted by molar-refractivity contribution is -0.143. The van der Waals surface area contributed by atoms with E-state index in [4.69, 9.17) is 5.11 Å². The third kappa shape index (κ3) is 1.84. The highest BCUT2D eigenvalue weighted by molar-refractivity contribution is 5.70. The van der Waals surface area contributed by atoms with Crippen LogP contribution >= 0.6 is 0 Å². The standard InChI is InChI=1S/C12H14N4O2/c17-12(18)8-2-4-13-10(6-8)9-7-15-16-5-1-3-14-11(9)16/h1,3,5,7-8,10,13H,2,4,6H2,(H,17,18). The van der Waals surface area contributed by atoms with Gasteiger partial charge < -0.3 is 10.4 Å². The van der Waals surface area contributed by atoms with Crippen molar-refractivity contribution in [1.29, 1.82) is 0 Å². The summed E-state index contributed by atoms with van der Waals surface area (Å²) in [6, 6.07) is 1.84. The summed E-state index contributed by atoms with van der Waals surface area (Å²) in [5, 5.41) is 16.7. The number of carbonyl (C=O) groups is 1. The Morgan fingerprint density at radius 3 is 3.28 bits per heavy atom. The number of hydrogen-bond donors (Lipinski definition) is 2. The third-order valence-corrected chi connectivity index (χ3v) is 3.43. The lowest BCUT2D eigenvalue weighted by Gasteiger charge is -2.27. The van der Waals surface area contributed by atoms with Gasteiger partial charge >= 0.3 is 5.97 Å². The average Bonchev–Trinajstić information content (AvgIpc) is 2.82. The van der Waals surface area contributed by atoms with E-state index in [0.29, 0.717) is 19.4 Å². The van der Waals surface area contributed by atoms with E-state index in [-0.39, 0.29) is 12.0 Å². The molecule has 6 heteroatoms. The van der Waals surface area contributed by atoms with E-state index >= 15 is 0 Å².